The molecule has 0 saturated carbocycles. The van der Waals surface area contributed by atoms with E-state index in [2.05, 4.69) is 507 Å². The van der Waals surface area contributed by atoms with Crippen LogP contribution in [0.2, 0.25) is 0 Å². The number of hydrogen-bond donors (Lipinski definition) is 0. The van der Waals surface area contributed by atoms with Crippen molar-refractivity contribution in [1.82, 2.24) is 29.1 Å². The summed E-state index contributed by atoms with van der Waals surface area (Å²) in [5, 5.41) is 21.3. The second kappa shape index (κ2) is 33.1. The molecule has 0 unspecified atom stereocenters. The highest BCUT2D eigenvalue weighted by atomic mass is 15.0. The van der Waals surface area contributed by atoms with Gasteiger partial charge < -0.3 is 9.13 Å². The average molecular weight is 1730 g/mol. The summed E-state index contributed by atoms with van der Waals surface area (Å²) in [4.78, 5) is 21.6. The second-order valence-corrected chi connectivity index (χ2v) is 35.3. The molecule has 0 N–H and O–H groups in total. The Morgan fingerprint density at radius 3 is 0.956 bits per heavy atom. The van der Waals surface area contributed by atoms with Crippen molar-refractivity contribution >= 4 is 130 Å². The molecule has 0 aliphatic carbocycles. The first-order valence-corrected chi connectivity index (χ1v) is 46.5. The van der Waals surface area contributed by atoms with Crippen LogP contribution >= 0.6 is 0 Å². The lowest BCUT2D eigenvalue weighted by molar-refractivity contribution is 1.18. The number of hydrogen-bond acceptors (Lipinski definition) is 4. The van der Waals surface area contributed by atoms with Crippen molar-refractivity contribution in [3.63, 3.8) is 0 Å². The third kappa shape index (κ3) is 13.6. The average Bonchev–Trinajstić information content (AvgIpc) is 1.54. The van der Waals surface area contributed by atoms with Crippen LogP contribution in [-0.4, -0.2) is 29.1 Å². The Hall–Kier alpha value is -18.1. The van der Waals surface area contributed by atoms with Crippen LogP contribution in [-0.2, 0) is 0 Å². The predicted octanol–water partition coefficient (Wildman–Crippen LogP) is 34.7. The Morgan fingerprint density at radius 1 is 0.147 bits per heavy atom. The molecule has 4 aromatic heterocycles. The fourth-order valence-electron chi connectivity index (χ4n) is 21.3. The number of nitrogens with zero attached hydrogens (tertiary/aromatic N) is 6. The summed E-state index contributed by atoms with van der Waals surface area (Å²) in [6.07, 6.45) is 0. The summed E-state index contributed by atoms with van der Waals surface area (Å²) in [5.41, 5.74) is 31.1. The van der Waals surface area contributed by atoms with E-state index >= 15 is 0 Å². The van der Waals surface area contributed by atoms with Gasteiger partial charge in [0.05, 0.1) is 50.2 Å². The van der Waals surface area contributed by atoms with E-state index in [1.54, 1.807) is 0 Å². The molecule has 23 aromatic carbocycles. The van der Waals surface area contributed by atoms with Gasteiger partial charge in [0.15, 0.2) is 11.6 Å². The van der Waals surface area contributed by atoms with Gasteiger partial charge in [-0.15, -0.1) is 0 Å². The lowest BCUT2D eigenvalue weighted by Gasteiger charge is -2.16. The van der Waals surface area contributed by atoms with Crippen LogP contribution < -0.4 is 0 Å². The Kier molecular flexibility index (Phi) is 19.2. The smallest absolute Gasteiger partial charge is 0.161 e. The monoisotopic (exact) mass is 1730 g/mol. The molecule has 27 aromatic rings. The molecule has 4 heterocycles. The molecule has 27 rings (SSSR count). The van der Waals surface area contributed by atoms with Crippen LogP contribution in [0.15, 0.2) is 497 Å². The largest absolute Gasteiger partial charge is 0.309 e. The molecule has 0 bridgehead atoms. The van der Waals surface area contributed by atoms with Gasteiger partial charge in [-0.25, -0.2) is 19.9 Å². The first-order valence-electron chi connectivity index (χ1n) is 46.5. The summed E-state index contributed by atoms with van der Waals surface area (Å²) in [5.74, 6) is 1.39. The molecule has 632 valence electrons. The van der Waals surface area contributed by atoms with Gasteiger partial charge in [0.25, 0.3) is 0 Å². The van der Waals surface area contributed by atoms with E-state index in [1.165, 1.54) is 137 Å². The first kappa shape index (κ1) is 78.9. The van der Waals surface area contributed by atoms with Gasteiger partial charge in [0.1, 0.15) is 0 Å². The number of aromatic nitrogens is 6. The standard InChI is InChI=1S/C68H43N3.C62H39N3/c1-3-17-44(18-4-1)49-22-15-23-50(41-49)46-33-35-48(36-34-46)67-59-31-13-14-32-61(59)69-68(70-67)58-38-40-62(56-29-11-9-27-54(56)58)71-63-39-37-47-21-7-8-26-53(47)65(63)66-57-30-12-10-28-55(57)60(43-64(66)71)52-25-16-24-51(42-52)45-19-5-2-6-20-45;1-4-18-40(19-5-1)41-32-34-44(35-33-41)61-52-30-16-17-31-56(52)63-62(64-61)55-37-46(36-45-24-10-11-25-47(45)55)65-57-38-53(42-20-6-2-7-21-42)48-26-12-14-28-50(48)59(57)60-51-29-15-13-27-49(51)54(39-58(60)65)43-22-8-3-9-23-43/h1-43H;1-39H. The molecule has 0 fully saturated rings. The Balaban J connectivity index is 0.000000142. The van der Waals surface area contributed by atoms with Crippen molar-refractivity contribution in [3.8, 4) is 135 Å². The molecule has 0 amide bonds. The van der Waals surface area contributed by atoms with Crippen molar-refractivity contribution in [3.05, 3.63) is 497 Å². The van der Waals surface area contributed by atoms with Gasteiger partial charge >= 0.3 is 0 Å². The number of para-hydroxylation sites is 2. The van der Waals surface area contributed by atoms with E-state index in [4.69, 9.17) is 19.9 Å². The quantitative estimate of drug-likeness (QED) is 0.115. The van der Waals surface area contributed by atoms with E-state index < -0.39 is 0 Å². The van der Waals surface area contributed by atoms with E-state index in [0.717, 1.165) is 116 Å². The van der Waals surface area contributed by atoms with Crippen LogP contribution in [0.1, 0.15) is 0 Å². The zero-order valence-corrected chi connectivity index (χ0v) is 74.0. The maximum atomic E-state index is 5.51. The molecule has 0 aliphatic rings. The van der Waals surface area contributed by atoms with E-state index in [9.17, 15) is 0 Å². The van der Waals surface area contributed by atoms with Gasteiger partial charge in [-0.1, -0.05) is 425 Å². The Bertz CT molecular complexity index is 9300. The molecule has 6 nitrogen and oxygen atoms in total. The SMILES string of the molecule is c1ccc(-c2ccc(-c3nc(-c4cc(-n5c6cc(-c7ccccc7)c7ccccc7c6c6c7ccccc7c(-c7ccccc7)cc65)cc5ccccc45)nc4ccccc34)cc2)cc1.c1ccc(-c2cccc(-c3ccc(-c4nc(-c5ccc(-n6c7ccc8ccccc8c7c7c8ccccc8c(-c8cccc(-c9ccccc9)c8)cc76)c6ccccc56)nc5ccccc45)cc3)c2)cc1. The second-order valence-electron chi connectivity index (χ2n) is 35.3. The Labute approximate surface area is 785 Å². The maximum Gasteiger partial charge on any atom is 0.161 e. The predicted molar refractivity (Wildman–Crippen MR) is 573 cm³/mol. The number of fused-ring (bicyclic) bond motifs is 18. The molecular formula is C130H82N6. The summed E-state index contributed by atoms with van der Waals surface area (Å²) in [6, 6.07) is 180. The molecule has 136 heavy (non-hydrogen) atoms. The normalized spacial score (nSPS) is 11.7. The lowest BCUT2D eigenvalue weighted by atomic mass is 9.92. The minimum Gasteiger partial charge on any atom is -0.309 e. The molecule has 0 atom stereocenters. The molecule has 0 aliphatic heterocycles. The highest BCUT2D eigenvalue weighted by Crippen LogP contribution is 2.51. The van der Waals surface area contributed by atoms with Gasteiger partial charge in [-0.05, 0) is 210 Å². The molecule has 6 heteroatoms. The van der Waals surface area contributed by atoms with Crippen molar-refractivity contribution in [1.29, 1.82) is 0 Å². The minimum absolute atomic E-state index is 0.690. The van der Waals surface area contributed by atoms with Gasteiger partial charge in [0, 0.05) is 65.6 Å². The van der Waals surface area contributed by atoms with Crippen molar-refractivity contribution in [2.45, 2.75) is 0 Å². The first-order chi connectivity index (χ1) is 67.5. The highest BCUT2D eigenvalue weighted by molar-refractivity contribution is 6.33. The molecular weight excluding hydrogens is 1650 g/mol. The van der Waals surface area contributed by atoms with Crippen LogP contribution in [0.5, 0.6) is 0 Å². The summed E-state index contributed by atoms with van der Waals surface area (Å²) >= 11 is 0. The van der Waals surface area contributed by atoms with E-state index in [-0.39, 0.29) is 0 Å². The minimum atomic E-state index is 0.690. The van der Waals surface area contributed by atoms with Gasteiger partial charge in [-0.3, -0.25) is 0 Å². The van der Waals surface area contributed by atoms with Crippen LogP contribution in [0.4, 0.5) is 0 Å². The zero-order chi connectivity index (χ0) is 89.7. The van der Waals surface area contributed by atoms with Crippen molar-refractivity contribution < 1.29 is 0 Å². The summed E-state index contributed by atoms with van der Waals surface area (Å²) in [6.45, 7) is 0. The van der Waals surface area contributed by atoms with Crippen molar-refractivity contribution in [2.24, 2.45) is 0 Å². The highest BCUT2D eigenvalue weighted by Gasteiger charge is 2.28. The van der Waals surface area contributed by atoms with E-state index in [0.29, 0.717) is 11.6 Å². The molecule has 0 spiro atoms. The third-order valence-electron chi connectivity index (χ3n) is 27.6. The fraction of sp³-hybridized carbons (Fsp3) is 0. The number of rotatable bonds is 13. The van der Waals surface area contributed by atoms with Gasteiger partial charge in [-0.2, -0.15) is 0 Å². The number of benzene rings is 23. The van der Waals surface area contributed by atoms with Crippen LogP contribution in [0.25, 0.3) is 265 Å². The third-order valence-corrected chi connectivity index (χ3v) is 27.6. The van der Waals surface area contributed by atoms with Crippen LogP contribution in [0, 0.1) is 0 Å². The van der Waals surface area contributed by atoms with Crippen LogP contribution in [0.3, 0.4) is 0 Å². The summed E-state index contributed by atoms with van der Waals surface area (Å²) in [7, 11) is 0. The lowest BCUT2D eigenvalue weighted by Crippen LogP contribution is -1.99. The van der Waals surface area contributed by atoms with E-state index in [1.807, 2.05) is 0 Å². The summed E-state index contributed by atoms with van der Waals surface area (Å²) < 4.78 is 5.01. The van der Waals surface area contributed by atoms with Crippen molar-refractivity contribution in [2.75, 3.05) is 0 Å². The Morgan fingerprint density at radius 2 is 0.471 bits per heavy atom. The van der Waals surface area contributed by atoms with Gasteiger partial charge in [0.2, 0.25) is 0 Å². The molecule has 0 radical (unpaired) electrons. The zero-order valence-electron chi connectivity index (χ0n) is 74.0. The topological polar surface area (TPSA) is 61.4 Å². The fourth-order valence-corrected chi connectivity index (χ4v) is 21.3. The maximum absolute atomic E-state index is 5.51. The molecule has 0 saturated heterocycles.